The van der Waals surface area contributed by atoms with Crippen molar-refractivity contribution in [3.05, 3.63) is 0 Å². The van der Waals surface area contributed by atoms with Gasteiger partial charge in [-0.15, -0.1) is 11.6 Å². The normalized spacial score (nSPS) is 36.7. The Kier molecular flexibility index (Phi) is 2.76. The number of hydrogen-bond donors (Lipinski definition) is 0. The molecule has 0 aromatic heterocycles. The molecule has 0 radical (unpaired) electrons. The first kappa shape index (κ1) is 7.32. The highest BCUT2D eigenvalue weighted by atomic mass is 35.5. The molecule has 54 valence electrons. The van der Waals surface area contributed by atoms with E-state index in [1.165, 1.54) is 0 Å². The first-order valence-corrected chi connectivity index (χ1v) is 3.55. The summed E-state index contributed by atoms with van der Waals surface area (Å²) in [5.41, 5.74) is 0. The van der Waals surface area contributed by atoms with Crippen molar-refractivity contribution >= 4 is 11.6 Å². The van der Waals surface area contributed by atoms with Crippen LogP contribution in [0.25, 0.3) is 0 Å². The fourth-order valence-corrected chi connectivity index (χ4v) is 1.12. The molecule has 0 amide bonds. The van der Waals surface area contributed by atoms with Gasteiger partial charge in [0, 0.05) is 18.9 Å². The standard InChI is InChI=1S/C6H11ClO2/c1-8-6-4-5(7)2-3-9-6/h5-6H,2-4H2,1H3/t5-,6-/m1/s1. The molecule has 2 nitrogen and oxygen atoms in total. The highest BCUT2D eigenvalue weighted by Crippen LogP contribution is 2.18. The van der Waals surface area contributed by atoms with E-state index >= 15 is 0 Å². The van der Waals surface area contributed by atoms with Gasteiger partial charge in [0.1, 0.15) is 0 Å². The van der Waals surface area contributed by atoms with E-state index in [9.17, 15) is 0 Å². The molecule has 9 heavy (non-hydrogen) atoms. The molecule has 1 aliphatic rings. The van der Waals surface area contributed by atoms with Crippen LogP contribution in [0.15, 0.2) is 0 Å². The Hall–Kier alpha value is 0.210. The second-order valence-corrected chi connectivity index (χ2v) is 2.77. The van der Waals surface area contributed by atoms with E-state index in [2.05, 4.69) is 0 Å². The van der Waals surface area contributed by atoms with Crippen LogP contribution < -0.4 is 0 Å². The van der Waals surface area contributed by atoms with E-state index in [1.807, 2.05) is 0 Å². The molecule has 0 saturated carbocycles. The SMILES string of the molecule is CO[C@H]1C[C@H](Cl)CCO1. The molecule has 1 aliphatic heterocycles. The molecule has 1 rings (SSSR count). The molecule has 0 unspecified atom stereocenters. The summed E-state index contributed by atoms with van der Waals surface area (Å²) in [6.45, 7) is 0.729. The van der Waals surface area contributed by atoms with Crippen LogP contribution in [0.1, 0.15) is 12.8 Å². The van der Waals surface area contributed by atoms with Crippen molar-refractivity contribution in [1.29, 1.82) is 0 Å². The molecule has 0 aliphatic carbocycles. The van der Waals surface area contributed by atoms with E-state index in [4.69, 9.17) is 21.1 Å². The number of ether oxygens (including phenoxy) is 2. The van der Waals surface area contributed by atoms with Crippen LogP contribution in [0.4, 0.5) is 0 Å². The third-order valence-electron chi connectivity index (χ3n) is 1.45. The molecule has 0 spiro atoms. The predicted octanol–water partition coefficient (Wildman–Crippen LogP) is 1.38. The number of methoxy groups -OCH3 is 1. The second kappa shape index (κ2) is 3.40. The van der Waals surface area contributed by atoms with Crippen LogP contribution in [0.5, 0.6) is 0 Å². The Bertz CT molecular complexity index is 87.1. The molecule has 1 heterocycles. The minimum atomic E-state index is -0.0683. The molecule has 0 bridgehead atoms. The number of halogens is 1. The lowest BCUT2D eigenvalue weighted by atomic mass is 10.2. The number of hydrogen-bond acceptors (Lipinski definition) is 2. The lowest BCUT2D eigenvalue weighted by Gasteiger charge is -2.24. The van der Waals surface area contributed by atoms with Gasteiger partial charge < -0.3 is 9.47 Å². The summed E-state index contributed by atoms with van der Waals surface area (Å²) < 4.78 is 10.1. The Morgan fingerprint density at radius 2 is 2.44 bits per heavy atom. The predicted molar refractivity (Wildman–Crippen MR) is 35.6 cm³/mol. The van der Waals surface area contributed by atoms with Gasteiger partial charge in [-0.2, -0.15) is 0 Å². The topological polar surface area (TPSA) is 18.5 Å². The Balaban J connectivity index is 2.23. The average molecular weight is 151 g/mol. The van der Waals surface area contributed by atoms with Gasteiger partial charge in [0.15, 0.2) is 6.29 Å². The molecular formula is C6H11ClO2. The van der Waals surface area contributed by atoms with Gasteiger partial charge in [-0.25, -0.2) is 0 Å². The van der Waals surface area contributed by atoms with Crippen molar-refractivity contribution in [2.24, 2.45) is 0 Å². The second-order valence-electron chi connectivity index (χ2n) is 2.16. The maximum atomic E-state index is 5.83. The Morgan fingerprint density at radius 3 is 2.89 bits per heavy atom. The highest BCUT2D eigenvalue weighted by molar-refractivity contribution is 6.20. The largest absolute Gasteiger partial charge is 0.356 e. The third-order valence-corrected chi connectivity index (χ3v) is 1.84. The van der Waals surface area contributed by atoms with Gasteiger partial charge in [-0.05, 0) is 6.42 Å². The zero-order valence-electron chi connectivity index (χ0n) is 5.47. The summed E-state index contributed by atoms with van der Waals surface area (Å²) in [5, 5.41) is 0.240. The molecular weight excluding hydrogens is 140 g/mol. The number of rotatable bonds is 1. The van der Waals surface area contributed by atoms with E-state index < -0.39 is 0 Å². The molecule has 3 heteroatoms. The lowest BCUT2D eigenvalue weighted by Crippen LogP contribution is -2.27. The minimum Gasteiger partial charge on any atom is -0.356 e. The molecule has 2 atom stereocenters. The molecule has 1 fully saturated rings. The van der Waals surface area contributed by atoms with Gasteiger partial charge in [0.2, 0.25) is 0 Å². The summed E-state index contributed by atoms with van der Waals surface area (Å²) in [6.07, 6.45) is 1.70. The molecule has 0 aromatic carbocycles. The van der Waals surface area contributed by atoms with Crippen molar-refractivity contribution < 1.29 is 9.47 Å². The van der Waals surface area contributed by atoms with Crippen molar-refractivity contribution in [3.63, 3.8) is 0 Å². The summed E-state index contributed by atoms with van der Waals surface area (Å²) in [5.74, 6) is 0. The lowest BCUT2D eigenvalue weighted by molar-refractivity contribution is -0.143. The van der Waals surface area contributed by atoms with Crippen molar-refractivity contribution in [3.8, 4) is 0 Å². The van der Waals surface area contributed by atoms with Gasteiger partial charge in [0.05, 0.1) is 6.61 Å². The molecule has 0 aromatic rings. The molecule has 0 N–H and O–H groups in total. The van der Waals surface area contributed by atoms with Crippen LogP contribution in [0, 0.1) is 0 Å². The molecule has 1 saturated heterocycles. The summed E-state index contributed by atoms with van der Waals surface area (Å²) in [6, 6.07) is 0. The van der Waals surface area contributed by atoms with Crippen molar-refractivity contribution in [2.45, 2.75) is 24.5 Å². The summed E-state index contributed by atoms with van der Waals surface area (Å²) >= 11 is 5.83. The first-order valence-electron chi connectivity index (χ1n) is 3.11. The van der Waals surface area contributed by atoms with Crippen molar-refractivity contribution in [1.82, 2.24) is 0 Å². The van der Waals surface area contributed by atoms with Crippen LogP contribution in [0.3, 0.4) is 0 Å². The average Bonchev–Trinajstić information content (AvgIpc) is 1.88. The fourth-order valence-electron chi connectivity index (χ4n) is 0.886. The van der Waals surface area contributed by atoms with Gasteiger partial charge in [0.25, 0.3) is 0 Å². The van der Waals surface area contributed by atoms with Crippen LogP contribution >= 0.6 is 11.6 Å². The monoisotopic (exact) mass is 150 g/mol. The van der Waals surface area contributed by atoms with Crippen molar-refractivity contribution in [2.75, 3.05) is 13.7 Å². The van der Waals surface area contributed by atoms with E-state index in [-0.39, 0.29) is 11.7 Å². The quantitative estimate of drug-likeness (QED) is 0.526. The van der Waals surface area contributed by atoms with E-state index in [0.29, 0.717) is 0 Å². The summed E-state index contributed by atoms with van der Waals surface area (Å²) in [4.78, 5) is 0. The Labute approximate surface area is 60.1 Å². The third kappa shape index (κ3) is 2.12. The maximum absolute atomic E-state index is 5.83. The van der Waals surface area contributed by atoms with Crippen LogP contribution in [-0.2, 0) is 9.47 Å². The highest BCUT2D eigenvalue weighted by Gasteiger charge is 2.19. The zero-order valence-corrected chi connectivity index (χ0v) is 6.23. The zero-order chi connectivity index (χ0) is 6.69. The van der Waals surface area contributed by atoms with E-state index in [0.717, 1.165) is 19.4 Å². The maximum Gasteiger partial charge on any atom is 0.158 e. The number of alkyl halides is 1. The van der Waals surface area contributed by atoms with Crippen LogP contribution in [-0.4, -0.2) is 25.4 Å². The van der Waals surface area contributed by atoms with Gasteiger partial charge in [-0.3, -0.25) is 0 Å². The Morgan fingerprint density at radius 1 is 1.67 bits per heavy atom. The minimum absolute atomic E-state index is 0.0683. The van der Waals surface area contributed by atoms with Gasteiger partial charge in [-0.1, -0.05) is 0 Å². The smallest absolute Gasteiger partial charge is 0.158 e. The van der Waals surface area contributed by atoms with E-state index in [1.54, 1.807) is 7.11 Å². The summed E-state index contributed by atoms with van der Waals surface area (Å²) in [7, 11) is 1.64. The van der Waals surface area contributed by atoms with Gasteiger partial charge >= 0.3 is 0 Å². The fraction of sp³-hybridized carbons (Fsp3) is 1.00. The first-order chi connectivity index (χ1) is 4.33. The van der Waals surface area contributed by atoms with Crippen LogP contribution in [0.2, 0.25) is 0 Å².